The van der Waals surface area contributed by atoms with Gasteiger partial charge < -0.3 is 10.6 Å². The lowest BCUT2D eigenvalue weighted by atomic mass is 10.1. The van der Waals surface area contributed by atoms with Gasteiger partial charge in [-0.3, -0.25) is 0 Å². The van der Waals surface area contributed by atoms with E-state index in [2.05, 4.69) is 34.4 Å². The second-order valence-electron chi connectivity index (χ2n) is 5.32. The van der Waals surface area contributed by atoms with Crippen LogP contribution in [0.1, 0.15) is 38.7 Å². The number of hydrogen-bond acceptors (Lipinski definition) is 4. The average Bonchev–Trinajstić information content (AvgIpc) is 2.81. The summed E-state index contributed by atoms with van der Waals surface area (Å²) in [5, 5.41) is 6.64. The van der Waals surface area contributed by atoms with Crippen LogP contribution in [0, 0.1) is 11.8 Å². The molecule has 100 valence electrons. The molecule has 0 amide bonds. The summed E-state index contributed by atoms with van der Waals surface area (Å²) in [7, 11) is 1.91. The summed E-state index contributed by atoms with van der Waals surface area (Å²) in [5.41, 5.74) is 1.19. The topological polar surface area (TPSA) is 49.8 Å². The highest BCUT2D eigenvalue weighted by molar-refractivity contribution is 5.57. The van der Waals surface area contributed by atoms with Gasteiger partial charge in [0.05, 0.1) is 0 Å². The predicted octanol–water partition coefficient (Wildman–Crippen LogP) is 2.93. The third kappa shape index (κ3) is 2.92. The van der Waals surface area contributed by atoms with Gasteiger partial charge in [-0.05, 0) is 31.1 Å². The summed E-state index contributed by atoms with van der Waals surface area (Å²) in [6.45, 7) is 5.53. The second kappa shape index (κ2) is 6.03. The second-order valence-corrected chi connectivity index (χ2v) is 5.32. The molecule has 1 saturated carbocycles. The van der Waals surface area contributed by atoms with Crippen molar-refractivity contribution < 1.29 is 0 Å². The van der Waals surface area contributed by atoms with Gasteiger partial charge in [0.1, 0.15) is 18.0 Å². The number of nitrogens with zero attached hydrogens (tertiary/aromatic N) is 2. The summed E-state index contributed by atoms with van der Waals surface area (Å²) >= 11 is 0. The molecule has 1 fully saturated rings. The molecule has 1 heterocycles. The molecule has 2 rings (SSSR count). The Morgan fingerprint density at radius 3 is 2.67 bits per heavy atom. The first-order valence-corrected chi connectivity index (χ1v) is 7.00. The lowest BCUT2D eigenvalue weighted by Crippen LogP contribution is -2.15. The standard InChI is InChI=1S/C14H24N4/c1-4-12-13(15-3)17-9-18-14(12)16-8-11-6-5-10(2)7-11/h9-11H,4-8H2,1-3H3,(H2,15,16,17,18). The van der Waals surface area contributed by atoms with Crippen LogP contribution in [0.25, 0.3) is 0 Å². The van der Waals surface area contributed by atoms with Gasteiger partial charge >= 0.3 is 0 Å². The van der Waals surface area contributed by atoms with Gasteiger partial charge in [-0.1, -0.05) is 20.3 Å². The Hall–Kier alpha value is -1.32. The average molecular weight is 248 g/mol. The van der Waals surface area contributed by atoms with E-state index in [1.54, 1.807) is 6.33 Å². The highest BCUT2D eigenvalue weighted by atomic mass is 15.1. The Labute approximate surface area is 110 Å². The van der Waals surface area contributed by atoms with Crippen molar-refractivity contribution in [2.24, 2.45) is 11.8 Å². The van der Waals surface area contributed by atoms with Gasteiger partial charge in [-0.25, -0.2) is 9.97 Å². The fourth-order valence-corrected chi connectivity index (χ4v) is 2.87. The van der Waals surface area contributed by atoms with Crippen LogP contribution in [-0.2, 0) is 6.42 Å². The first kappa shape index (κ1) is 13.1. The van der Waals surface area contributed by atoms with Crippen LogP contribution in [0.15, 0.2) is 6.33 Å². The van der Waals surface area contributed by atoms with Gasteiger partial charge in [-0.2, -0.15) is 0 Å². The maximum Gasteiger partial charge on any atom is 0.134 e. The van der Waals surface area contributed by atoms with Crippen LogP contribution < -0.4 is 10.6 Å². The Balaban J connectivity index is 2.00. The molecule has 1 aromatic rings. The fourth-order valence-electron chi connectivity index (χ4n) is 2.87. The molecule has 0 radical (unpaired) electrons. The summed E-state index contributed by atoms with van der Waals surface area (Å²) < 4.78 is 0. The maximum atomic E-state index is 4.38. The lowest BCUT2D eigenvalue weighted by molar-refractivity contribution is 0.536. The van der Waals surface area contributed by atoms with E-state index in [1.165, 1.54) is 24.8 Å². The SMILES string of the molecule is CCc1c(NC)ncnc1NCC1CCC(C)C1. The summed E-state index contributed by atoms with van der Waals surface area (Å²) in [6.07, 6.45) is 6.64. The molecule has 0 saturated heterocycles. The smallest absolute Gasteiger partial charge is 0.134 e. The molecule has 0 spiro atoms. The van der Waals surface area contributed by atoms with E-state index in [0.717, 1.165) is 36.4 Å². The quantitative estimate of drug-likeness (QED) is 0.841. The zero-order chi connectivity index (χ0) is 13.0. The Morgan fingerprint density at radius 1 is 1.28 bits per heavy atom. The highest BCUT2D eigenvalue weighted by Gasteiger charge is 2.21. The van der Waals surface area contributed by atoms with Gasteiger partial charge in [0.2, 0.25) is 0 Å². The van der Waals surface area contributed by atoms with E-state index < -0.39 is 0 Å². The van der Waals surface area contributed by atoms with E-state index in [-0.39, 0.29) is 0 Å². The van der Waals surface area contributed by atoms with Gasteiger partial charge in [-0.15, -0.1) is 0 Å². The molecule has 2 N–H and O–H groups in total. The fraction of sp³-hybridized carbons (Fsp3) is 0.714. The number of anilines is 2. The Bertz CT molecular complexity index is 391. The third-order valence-corrected chi connectivity index (χ3v) is 3.90. The van der Waals surface area contributed by atoms with Crippen molar-refractivity contribution in [3.63, 3.8) is 0 Å². The normalized spacial score (nSPS) is 23.1. The molecule has 0 aromatic carbocycles. The minimum Gasteiger partial charge on any atom is -0.373 e. The van der Waals surface area contributed by atoms with Gasteiger partial charge in [0.25, 0.3) is 0 Å². The van der Waals surface area contributed by atoms with Crippen LogP contribution in [0.2, 0.25) is 0 Å². The minimum absolute atomic E-state index is 0.803. The highest BCUT2D eigenvalue weighted by Crippen LogP contribution is 2.30. The van der Waals surface area contributed by atoms with Crippen LogP contribution in [-0.4, -0.2) is 23.6 Å². The van der Waals surface area contributed by atoms with E-state index >= 15 is 0 Å². The van der Waals surface area contributed by atoms with Crippen LogP contribution >= 0.6 is 0 Å². The van der Waals surface area contributed by atoms with Crippen molar-refractivity contribution in [1.82, 2.24) is 9.97 Å². The first-order valence-electron chi connectivity index (χ1n) is 7.00. The zero-order valence-corrected chi connectivity index (χ0v) is 11.7. The van der Waals surface area contributed by atoms with Crippen molar-refractivity contribution in [1.29, 1.82) is 0 Å². The number of aromatic nitrogens is 2. The van der Waals surface area contributed by atoms with Crippen LogP contribution in [0.4, 0.5) is 11.6 Å². The van der Waals surface area contributed by atoms with Crippen LogP contribution in [0.5, 0.6) is 0 Å². The molecule has 2 unspecified atom stereocenters. The Morgan fingerprint density at radius 2 is 2.06 bits per heavy atom. The summed E-state index contributed by atoms with van der Waals surface area (Å²) in [4.78, 5) is 8.63. The Kier molecular flexibility index (Phi) is 4.39. The molecule has 2 atom stereocenters. The van der Waals surface area contributed by atoms with Gasteiger partial charge in [0, 0.05) is 19.2 Å². The molecule has 1 aliphatic rings. The van der Waals surface area contributed by atoms with Crippen LogP contribution in [0.3, 0.4) is 0 Å². The van der Waals surface area contributed by atoms with E-state index in [4.69, 9.17) is 0 Å². The maximum absolute atomic E-state index is 4.38. The summed E-state index contributed by atoms with van der Waals surface area (Å²) in [6, 6.07) is 0. The predicted molar refractivity (Wildman–Crippen MR) is 76.0 cm³/mol. The first-order chi connectivity index (χ1) is 8.74. The molecule has 4 heteroatoms. The minimum atomic E-state index is 0.803. The molecule has 1 aromatic heterocycles. The number of nitrogens with one attached hydrogen (secondary N) is 2. The van der Waals surface area contributed by atoms with Crippen molar-refractivity contribution in [3.8, 4) is 0 Å². The molecule has 0 bridgehead atoms. The number of hydrogen-bond donors (Lipinski definition) is 2. The third-order valence-electron chi connectivity index (χ3n) is 3.90. The zero-order valence-electron chi connectivity index (χ0n) is 11.7. The van der Waals surface area contributed by atoms with Gasteiger partial charge in [0.15, 0.2) is 0 Å². The van der Waals surface area contributed by atoms with E-state index in [9.17, 15) is 0 Å². The molecular weight excluding hydrogens is 224 g/mol. The molecule has 1 aliphatic carbocycles. The molecular formula is C14H24N4. The number of rotatable bonds is 5. The van der Waals surface area contributed by atoms with Crippen molar-refractivity contribution in [2.75, 3.05) is 24.2 Å². The van der Waals surface area contributed by atoms with Crippen molar-refractivity contribution in [3.05, 3.63) is 11.9 Å². The van der Waals surface area contributed by atoms with Crippen molar-refractivity contribution in [2.45, 2.75) is 39.5 Å². The largest absolute Gasteiger partial charge is 0.373 e. The van der Waals surface area contributed by atoms with Crippen molar-refractivity contribution >= 4 is 11.6 Å². The monoisotopic (exact) mass is 248 g/mol. The summed E-state index contributed by atoms with van der Waals surface area (Å²) in [5.74, 6) is 3.63. The lowest BCUT2D eigenvalue weighted by Gasteiger charge is -2.15. The molecule has 0 aliphatic heterocycles. The van der Waals surface area contributed by atoms with E-state index in [0.29, 0.717) is 0 Å². The molecule has 4 nitrogen and oxygen atoms in total. The van der Waals surface area contributed by atoms with E-state index in [1.807, 2.05) is 7.05 Å². The molecule has 18 heavy (non-hydrogen) atoms.